The van der Waals surface area contributed by atoms with E-state index in [1.54, 1.807) is 31.2 Å². The molecule has 3 aromatic rings. The minimum Gasteiger partial charge on any atom is -0.457 e. The van der Waals surface area contributed by atoms with Gasteiger partial charge in [-0.3, -0.25) is 13.9 Å². The highest BCUT2D eigenvalue weighted by atomic mass is 32.2. The molecule has 0 bridgehead atoms. The van der Waals surface area contributed by atoms with Crippen molar-refractivity contribution in [3.63, 3.8) is 0 Å². The summed E-state index contributed by atoms with van der Waals surface area (Å²) in [6.07, 6.45) is 1.81. The molecule has 202 valence electrons. The Bertz CT molecular complexity index is 1310. The van der Waals surface area contributed by atoms with Crippen LogP contribution >= 0.6 is 0 Å². The summed E-state index contributed by atoms with van der Waals surface area (Å²) in [7, 11) is -3.81. The Morgan fingerprint density at radius 1 is 0.921 bits per heavy atom. The fraction of sp³-hybridized carbons (Fsp3) is 0.310. The van der Waals surface area contributed by atoms with E-state index < -0.39 is 28.5 Å². The summed E-state index contributed by atoms with van der Waals surface area (Å²) in [4.78, 5) is 27.8. The van der Waals surface area contributed by atoms with Gasteiger partial charge in [0.1, 0.15) is 24.1 Å². The second kappa shape index (κ2) is 13.1. The maximum absolute atomic E-state index is 13.6. The molecule has 0 saturated heterocycles. The third-order valence-electron chi connectivity index (χ3n) is 5.97. The predicted molar refractivity (Wildman–Crippen MR) is 150 cm³/mol. The molecule has 1 atom stereocenters. The van der Waals surface area contributed by atoms with Crippen LogP contribution in [-0.2, 0) is 26.2 Å². The molecule has 0 aliphatic rings. The van der Waals surface area contributed by atoms with Crippen molar-refractivity contribution >= 4 is 27.5 Å². The largest absolute Gasteiger partial charge is 0.457 e. The highest BCUT2D eigenvalue weighted by molar-refractivity contribution is 7.92. The van der Waals surface area contributed by atoms with Gasteiger partial charge in [0.2, 0.25) is 21.8 Å². The Kier molecular flexibility index (Phi) is 9.90. The SMILES string of the molecule is CCCNC(=O)[C@H](C)N(Cc1ccc(C)cc1)C(=O)CN(c1ccc(Oc2ccccc2)cc1)S(C)(=O)=O. The molecule has 3 rings (SSSR count). The summed E-state index contributed by atoms with van der Waals surface area (Å²) < 4.78 is 32.3. The molecule has 0 saturated carbocycles. The molecule has 2 amide bonds. The molecular formula is C29H35N3O5S. The molecule has 9 heteroatoms. The average molecular weight is 538 g/mol. The van der Waals surface area contributed by atoms with E-state index in [-0.39, 0.29) is 12.5 Å². The lowest BCUT2D eigenvalue weighted by Gasteiger charge is -2.31. The average Bonchev–Trinajstić information content (AvgIpc) is 2.90. The third-order valence-corrected chi connectivity index (χ3v) is 7.11. The Balaban J connectivity index is 1.84. The number of sulfonamides is 1. The summed E-state index contributed by atoms with van der Waals surface area (Å²) >= 11 is 0. The number of hydrogen-bond acceptors (Lipinski definition) is 5. The van der Waals surface area contributed by atoms with Gasteiger partial charge in [0.25, 0.3) is 0 Å². The zero-order valence-corrected chi connectivity index (χ0v) is 23.1. The fourth-order valence-corrected chi connectivity index (χ4v) is 4.64. The normalized spacial score (nSPS) is 11.9. The fourth-order valence-electron chi connectivity index (χ4n) is 3.79. The van der Waals surface area contributed by atoms with Crippen LogP contribution in [0, 0.1) is 6.92 Å². The first kappa shape index (κ1) is 28.7. The molecule has 0 unspecified atom stereocenters. The quantitative estimate of drug-likeness (QED) is 0.367. The summed E-state index contributed by atoms with van der Waals surface area (Å²) in [5.41, 5.74) is 2.23. The third kappa shape index (κ3) is 8.08. The van der Waals surface area contributed by atoms with Crippen LogP contribution in [0.25, 0.3) is 0 Å². The summed E-state index contributed by atoms with van der Waals surface area (Å²) in [6.45, 7) is 5.77. The van der Waals surface area contributed by atoms with E-state index in [9.17, 15) is 18.0 Å². The Hall–Kier alpha value is -3.85. The van der Waals surface area contributed by atoms with Crippen LogP contribution in [0.15, 0.2) is 78.9 Å². The first-order chi connectivity index (χ1) is 18.1. The van der Waals surface area contributed by atoms with E-state index in [1.807, 2.05) is 68.4 Å². The highest BCUT2D eigenvalue weighted by Crippen LogP contribution is 2.26. The number of hydrogen-bond donors (Lipinski definition) is 1. The minimum absolute atomic E-state index is 0.168. The van der Waals surface area contributed by atoms with Crippen molar-refractivity contribution in [2.24, 2.45) is 0 Å². The van der Waals surface area contributed by atoms with E-state index in [4.69, 9.17) is 4.74 Å². The van der Waals surface area contributed by atoms with Crippen LogP contribution in [0.1, 0.15) is 31.4 Å². The van der Waals surface area contributed by atoms with E-state index in [1.165, 1.54) is 4.90 Å². The number of para-hydroxylation sites is 1. The second-order valence-electron chi connectivity index (χ2n) is 9.15. The van der Waals surface area contributed by atoms with Gasteiger partial charge in [-0.25, -0.2) is 8.42 Å². The molecule has 0 radical (unpaired) electrons. The maximum atomic E-state index is 13.6. The molecule has 0 spiro atoms. The van der Waals surface area contributed by atoms with Gasteiger partial charge >= 0.3 is 0 Å². The van der Waals surface area contributed by atoms with Crippen LogP contribution in [0.3, 0.4) is 0 Å². The molecule has 0 aromatic heterocycles. The number of benzene rings is 3. The van der Waals surface area contributed by atoms with Gasteiger partial charge in [0, 0.05) is 13.1 Å². The van der Waals surface area contributed by atoms with E-state index in [0.717, 1.165) is 28.1 Å². The Morgan fingerprint density at radius 3 is 2.11 bits per heavy atom. The van der Waals surface area contributed by atoms with Crippen LogP contribution in [0.5, 0.6) is 11.5 Å². The lowest BCUT2D eigenvalue weighted by Crippen LogP contribution is -2.51. The molecule has 1 N–H and O–H groups in total. The zero-order chi connectivity index (χ0) is 27.7. The molecule has 0 aliphatic heterocycles. The number of anilines is 1. The maximum Gasteiger partial charge on any atom is 0.244 e. The highest BCUT2D eigenvalue weighted by Gasteiger charge is 2.30. The first-order valence-electron chi connectivity index (χ1n) is 12.5. The van der Waals surface area contributed by atoms with Gasteiger partial charge in [-0.2, -0.15) is 0 Å². The molecule has 0 aliphatic carbocycles. The zero-order valence-electron chi connectivity index (χ0n) is 22.3. The van der Waals surface area contributed by atoms with Crippen molar-refractivity contribution in [3.8, 4) is 11.5 Å². The van der Waals surface area contributed by atoms with Crippen molar-refractivity contribution in [3.05, 3.63) is 90.0 Å². The Labute approximate surface area is 225 Å². The molecular weight excluding hydrogens is 502 g/mol. The van der Waals surface area contributed by atoms with Gasteiger partial charge < -0.3 is 15.0 Å². The number of carbonyl (C=O) groups excluding carboxylic acids is 2. The van der Waals surface area contributed by atoms with E-state index in [2.05, 4.69) is 5.32 Å². The van der Waals surface area contributed by atoms with Gasteiger partial charge in [-0.1, -0.05) is 55.0 Å². The standard InChI is InChI=1S/C29H35N3O5S/c1-5-19-30-29(34)23(3)31(20-24-13-11-22(2)12-14-24)28(33)21-32(38(4,35)36)25-15-17-27(18-16-25)37-26-9-7-6-8-10-26/h6-18,23H,5,19-21H2,1-4H3,(H,30,34)/t23-/m0/s1. The summed E-state index contributed by atoms with van der Waals surface area (Å²) in [5.74, 6) is 0.403. The summed E-state index contributed by atoms with van der Waals surface area (Å²) in [6, 6.07) is 22.6. The van der Waals surface area contributed by atoms with E-state index in [0.29, 0.717) is 23.7 Å². The second-order valence-corrected chi connectivity index (χ2v) is 11.1. The van der Waals surface area contributed by atoms with Crippen molar-refractivity contribution < 1.29 is 22.7 Å². The molecule has 3 aromatic carbocycles. The number of aryl methyl sites for hydroxylation is 1. The first-order valence-corrected chi connectivity index (χ1v) is 14.4. The minimum atomic E-state index is -3.81. The smallest absolute Gasteiger partial charge is 0.244 e. The summed E-state index contributed by atoms with van der Waals surface area (Å²) in [5, 5.41) is 2.83. The number of amides is 2. The lowest BCUT2D eigenvalue weighted by molar-refractivity contribution is -0.139. The van der Waals surface area contributed by atoms with Crippen molar-refractivity contribution in [2.45, 2.75) is 39.8 Å². The van der Waals surface area contributed by atoms with Crippen LogP contribution in [0.4, 0.5) is 5.69 Å². The van der Waals surface area contributed by atoms with Crippen LogP contribution < -0.4 is 14.4 Å². The number of rotatable bonds is 12. The molecule has 0 fully saturated rings. The number of nitrogens with one attached hydrogen (secondary N) is 1. The van der Waals surface area contributed by atoms with Crippen molar-refractivity contribution in [2.75, 3.05) is 23.7 Å². The van der Waals surface area contributed by atoms with Crippen LogP contribution in [0.2, 0.25) is 0 Å². The number of nitrogens with zero attached hydrogens (tertiary/aromatic N) is 2. The van der Waals surface area contributed by atoms with Gasteiger partial charge in [0.15, 0.2) is 0 Å². The molecule has 38 heavy (non-hydrogen) atoms. The van der Waals surface area contributed by atoms with Crippen molar-refractivity contribution in [1.82, 2.24) is 10.2 Å². The number of carbonyl (C=O) groups is 2. The van der Waals surface area contributed by atoms with Gasteiger partial charge in [0.05, 0.1) is 11.9 Å². The predicted octanol–water partition coefficient (Wildman–Crippen LogP) is 4.50. The Morgan fingerprint density at radius 2 is 1.53 bits per heavy atom. The van der Waals surface area contributed by atoms with Crippen LogP contribution in [-0.4, -0.2) is 50.5 Å². The monoisotopic (exact) mass is 537 g/mol. The topological polar surface area (TPSA) is 96.0 Å². The van der Waals surface area contributed by atoms with Gasteiger partial charge in [-0.15, -0.1) is 0 Å². The van der Waals surface area contributed by atoms with Gasteiger partial charge in [-0.05, 0) is 62.2 Å². The van der Waals surface area contributed by atoms with Crippen molar-refractivity contribution in [1.29, 1.82) is 0 Å². The number of ether oxygens (including phenoxy) is 1. The lowest BCUT2D eigenvalue weighted by atomic mass is 10.1. The molecule has 8 nitrogen and oxygen atoms in total. The van der Waals surface area contributed by atoms with E-state index >= 15 is 0 Å². The molecule has 0 heterocycles.